The fourth-order valence-electron chi connectivity index (χ4n) is 1.01. The van der Waals surface area contributed by atoms with Crippen LogP contribution in [-0.2, 0) is 0 Å². The molecule has 0 aliphatic rings. The van der Waals surface area contributed by atoms with Gasteiger partial charge in [-0.2, -0.15) is 10.1 Å². The molecule has 15 heavy (non-hydrogen) atoms. The number of hydrogen-bond acceptors (Lipinski definition) is 6. The standard InChI is InChI=1S/C8H8N6O/c1-2-3-5(9)8-12-7(14-15-8)6-10-4-11-13-6/h1,4-5H,3,9H2,(H,10,11,13). The fraction of sp³-hybridized carbons (Fsp3) is 0.250. The van der Waals surface area contributed by atoms with Crippen molar-refractivity contribution in [3.05, 3.63) is 12.2 Å². The molecule has 0 amide bonds. The Bertz CT molecular complexity index is 468. The van der Waals surface area contributed by atoms with Crippen LogP contribution in [0.2, 0.25) is 0 Å². The van der Waals surface area contributed by atoms with Gasteiger partial charge in [0.05, 0.1) is 6.04 Å². The zero-order valence-electron chi connectivity index (χ0n) is 7.71. The average molecular weight is 204 g/mol. The molecule has 76 valence electrons. The van der Waals surface area contributed by atoms with Crippen LogP contribution in [0.4, 0.5) is 0 Å². The van der Waals surface area contributed by atoms with Gasteiger partial charge in [-0.15, -0.1) is 12.3 Å². The quantitative estimate of drug-likeness (QED) is 0.675. The summed E-state index contributed by atoms with van der Waals surface area (Å²) < 4.78 is 4.93. The molecule has 2 rings (SSSR count). The molecule has 0 aliphatic heterocycles. The molecule has 2 heterocycles. The van der Waals surface area contributed by atoms with Crippen molar-refractivity contribution in [2.24, 2.45) is 5.73 Å². The van der Waals surface area contributed by atoms with Gasteiger partial charge in [-0.25, -0.2) is 4.98 Å². The lowest BCUT2D eigenvalue weighted by atomic mass is 10.2. The van der Waals surface area contributed by atoms with E-state index in [1.807, 2.05) is 0 Å². The molecular weight excluding hydrogens is 196 g/mol. The summed E-state index contributed by atoms with van der Waals surface area (Å²) >= 11 is 0. The lowest BCUT2D eigenvalue weighted by molar-refractivity contribution is 0.356. The van der Waals surface area contributed by atoms with Gasteiger partial charge in [0, 0.05) is 6.42 Å². The minimum Gasteiger partial charge on any atom is -0.337 e. The van der Waals surface area contributed by atoms with Gasteiger partial charge >= 0.3 is 0 Å². The maximum Gasteiger partial charge on any atom is 0.244 e. The molecule has 7 nitrogen and oxygen atoms in total. The van der Waals surface area contributed by atoms with Crippen LogP contribution >= 0.6 is 0 Å². The highest BCUT2D eigenvalue weighted by Crippen LogP contribution is 2.14. The molecule has 0 radical (unpaired) electrons. The van der Waals surface area contributed by atoms with Gasteiger partial charge in [0.2, 0.25) is 11.7 Å². The van der Waals surface area contributed by atoms with Crippen molar-refractivity contribution in [1.29, 1.82) is 0 Å². The number of aromatic amines is 1. The first-order valence-electron chi connectivity index (χ1n) is 4.19. The Morgan fingerprint density at radius 1 is 1.67 bits per heavy atom. The van der Waals surface area contributed by atoms with E-state index in [0.29, 0.717) is 24.0 Å². The maximum absolute atomic E-state index is 5.69. The Morgan fingerprint density at radius 2 is 2.53 bits per heavy atom. The third-order valence-corrected chi connectivity index (χ3v) is 1.72. The van der Waals surface area contributed by atoms with Crippen molar-refractivity contribution in [1.82, 2.24) is 25.3 Å². The highest BCUT2D eigenvalue weighted by atomic mass is 16.5. The molecule has 2 aromatic heterocycles. The van der Waals surface area contributed by atoms with Crippen LogP contribution in [0.1, 0.15) is 18.4 Å². The van der Waals surface area contributed by atoms with Crippen LogP contribution in [0.25, 0.3) is 11.6 Å². The molecule has 7 heteroatoms. The number of H-pyrrole nitrogens is 1. The topological polar surface area (TPSA) is 107 Å². The highest BCUT2D eigenvalue weighted by molar-refractivity contribution is 5.39. The van der Waals surface area contributed by atoms with Crippen molar-refractivity contribution < 1.29 is 4.52 Å². The SMILES string of the molecule is C#CCC(N)c1nc(-c2ncn[nH]2)no1. The third-order valence-electron chi connectivity index (χ3n) is 1.72. The molecule has 0 fully saturated rings. The van der Waals surface area contributed by atoms with Gasteiger partial charge in [0.15, 0.2) is 5.82 Å². The summed E-state index contributed by atoms with van der Waals surface area (Å²) in [6, 6.07) is -0.445. The number of nitrogens with two attached hydrogens (primary N) is 1. The second kappa shape index (κ2) is 3.89. The van der Waals surface area contributed by atoms with E-state index in [1.54, 1.807) is 0 Å². The Kier molecular flexibility index (Phi) is 2.43. The highest BCUT2D eigenvalue weighted by Gasteiger charge is 2.15. The molecule has 0 bridgehead atoms. The first-order valence-corrected chi connectivity index (χ1v) is 4.19. The Morgan fingerprint density at radius 3 is 3.20 bits per heavy atom. The van der Waals surface area contributed by atoms with Gasteiger partial charge in [-0.3, -0.25) is 5.10 Å². The van der Waals surface area contributed by atoms with E-state index in [9.17, 15) is 0 Å². The third kappa shape index (κ3) is 1.84. The Balaban J connectivity index is 2.22. The Labute approximate surface area is 85.1 Å². The molecule has 0 aromatic carbocycles. The van der Waals surface area contributed by atoms with Crippen LogP contribution < -0.4 is 5.73 Å². The first kappa shape index (κ1) is 9.36. The largest absolute Gasteiger partial charge is 0.337 e. The van der Waals surface area contributed by atoms with Gasteiger partial charge in [0.25, 0.3) is 0 Å². The van der Waals surface area contributed by atoms with Crippen LogP contribution in [0.5, 0.6) is 0 Å². The van der Waals surface area contributed by atoms with Crippen molar-refractivity contribution in [3.63, 3.8) is 0 Å². The molecule has 0 saturated heterocycles. The van der Waals surface area contributed by atoms with Crippen LogP contribution in [0.15, 0.2) is 10.9 Å². The summed E-state index contributed by atoms with van der Waals surface area (Å²) in [7, 11) is 0. The van der Waals surface area contributed by atoms with Crippen molar-refractivity contribution in [2.45, 2.75) is 12.5 Å². The Hall–Kier alpha value is -2.20. The summed E-state index contributed by atoms with van der Waals surface area (Å²) in [5.41, 5.74) is 5.69. The summed E-state index contributed by atoms with van der Waals surface area (Å²) in [6.45, 7) is 0. The molecule has 2 aromatic rings. The van der Waals surface area contributed by atoms with Crippen LogP contribution in [-0.4, -0.2) is 25.3 Å². The summed E-state index contributed by atoms with van der Waals surface area (Å²) in [5, 5.41) is 9.97. The van der Waals surface area contributed by atoms with E-state index in [0.717, 1.165) is 0 Å². The minimum absolute atomic E-state index is 0.291. The number of rotatable bonds is 3. The lowest BCUT2D eigenvalue weighted by Crippen LogP contribution is -2.09. The van der Waals surface area contributed by atoms with E-state index >= 15 is 0 Å². The zero-order chi connectivity index (χ0) is 10.7. The summed E-state index contributed by atoms with van der Waals surface area (Å²) in [5.74, 6) is 3.46. The second-order valence-electron chi connectivity index (χ2n) is 2.81. The number of nitrogens with zero attached hydrogens (tertiary/aromatic N) is 4. The van der Waals surface area contributed by atoms with E-state index < -0.39 is 6.04 Å². The second-order valence-corrected chi connectivity index (χ2v) is 2.81. The number of aromatic nitrogens is 5. The van der Waals surface area contributed by atoms with E-state index in [4.69, 9.17) is 16.7 Å². The molecular formula is C8H8N6O. The van der Waals surface area contributed by atoms with Gasteiger partial charge in [-0.1, -0.05) is 5.16 Å². The summed E-state index contributed by atoms with van der Waals surface area (Å²) in [6.07, 6.45) is 6.82. The zero-order valence-corrected chi connectivity index (χ0v) is 7.71. The van der Waals surface area contributed by atoms with E-state index in [2.05, 4.69) is 31.2 Å². The van der Waals surface area contributed by atoms with Crippen molar-refractivity contribution in [3.8, 4) is 24.0 Å². The normalized spacial score (nSPS) is 12.3. The average Bonchev–Trinajstić information content (AvgIpc) is 2.89. The first-order chi connectivity index (χ1) is 7.31. The van der Waals surface area contributed by atoms with E-state index in [-0.39, 0.29) is 0 Å². The lowest BCUT2D eigenvalue weighted by Gasteiger charge is -1.98. The monoisotopic (exact) mass is 204 g/mol. The number of nitrogens with one attached hydrogen (secondary N) is 1. The number of hydrogen-bond donors (Lipinski definition) is 2. The maximum atomic E-state index is 5.69. The smallest absolute Gasteiger partial charge is 0.244 e. The number of terminal acetylenes is 1. The van der Waals surface area contributed by atoms with Crippen molar-refractivity contribution in [2.75, 3.05) is 0 Å². The molecule has 0 saturated carbocycles. The van der Waals surface area contributed by atoms with Gasteiger partial charge in [-0.05, 0) is 0 Å². The van der Waals surface area contributed by atoms with Crippen LogP contribution in [0, 0.1) is 12.3 Å². The molecule has 3 N–H and O–H groups in total. The van der Waals surface area contributed by atoms with Crippen molar-refractivity contribution >= 4 is 0 Å². The van der Waals surface area contributed by atoms with Gasteiger partial charge < -0.3 is 10.3 Å². The molecule has 0 aliphatic carbocycles. The predicted molar refractivity (Wildman–Crippen MR) is 50.1 cm³/mol. The molecule has 1 atom stereocenters. The van der Waals surface area contributed by atoms with Crippen LogP contribution in [0.3, 0.4) is 0 Å². The fourth-order valence-corrected chi connectivity index (χ4v) is 1.01. The van der Waals surface area contributed by atoms with E-state index in [1.165, 1.54) is 6.33 Å². The van der Waals surface area contributed by atoms with Gasteiger partial charge in [0.1, 0.15) is 6.33 Å². The minimum atomic E-state index is -0.445. The molecule has 0 spiro atoms. The summed E-state index contributed by atoms with van der Waals surface area (Å²) in [4.78, 5) is 7.91. The predicted octanol–water partition coefficient (Wildman–Crippen LogP) is -0.122. The molecule has 1 unspecified atom stereocenters.